The highest BCUT2D eigenvalue weighted by Gasteiger charge is 2.30. The molecule has 0 saturated carbocycles. The van der Waals surface area contributed by atoms with Gasteiger partial charge in [-0.05, 0) is 38.0 Å². The van der Waals surface area contributed by atoms with Crippen molar-refractivity contribution in [1.29, 1.82) is 0 Å². The molecule has 0 atom stereocenters. The Morgan fingerprint density at radius 2 is 1.81 bits per heavy atom. The summed E-state index contributed by atoms with van der Waals surface area (Å²) >= 11 is 0. The molecule has 2 amide bonds. The molecule has 0 aliphatic carbocycles. The summed E-state index contributed by atoms with van der Waals surface area (Å²) in [6.45, 7) is 6.93. The van der Waals surface area contributed by atoms with Crippen molar-refractivity contribution in [3.63, 3.8) is 0 Å². The number of hydrogen-bond acceptors (Lipinski definition) is 6. The van der Waals surface area contributed by atoms with Gasteiger partial charge in [0.2, 0.25) is 15.9 Å². The zero-order valence-corrected chi connectivity index (χ0v) is 16.1. The molecule has 1 aliphatic rings. The van der Waals surface area contributed by atoms with E-state index in [1.54, 1.807) is 26.0 Å². The number of nitrogens with one attached hydrogen (secondary N) is 1. The maximum absolute atomic E-state index is 12.9. The molecule has 1 fully saturated rings. The number of amides is 2. The molecular formula is C17H25N3O5S. The van der Waals surface area contributed by atoms with Gasteiger partial charge in [-0.15, -0.1) is 0 Å². The quantitative estimate of drug-likeness (QED) is 0.811. The molecule has 1 aliphatic heterocycles. The fourth-order valence-electron chi connectivity index (χ4n) is 2.78. The third-order valence-electron chi connectivity index (χ3n) is 4.18. The van der Waals surface area contributed by atoms with E-state index in [2.05, 4.69) is 10.1 Å². The fourth-order valence-corrected chi connectivity index (χ4v) is 4.51. The highest BCUT2D eigenvalue weighted by molar-refractivity contribution is 7.89. The normalized spacial score (nSPS) is 16.3. The lowest BCUT2D eigenvalue weighted by molar-refractivity contribution is -0.121. The smallest absolute Gasteiger partial charge is 0.413 e. The second-order valence-corrected chi connectivity index (χ2v) is 8.12. The van der Waals surface area contributed by atoms with Gasteiger partial charge in [0.1, 0.15) is 0 Å². The predicted molar refractivity (Wildman–Crippen MR) is 96.3 cm³/mol. The predicted octanol–water partition coefficient (Wildman–Crippen LogP) is 0.882. The first-order valence-electron chi connectivity index (χ1n) is 8.50. The van der Waals surface area contributed by atoms with E-state index in [4.69, 9.17) is 0 Å². The van der Waals surface area contributed by atoms with Crippen molar-refractivity contribution in [2.75, 3.05) is 39.3 Å². The first-order chi connectivity index (χ1) is 12.2. The molecule has 26 heavy (non-hydrogen) atoms. The number of alkyl carbamates (subject to hydrolysis) is 1. The van der Waals surface area contributed by atoms with Crippen LogP contribution in [-0.2, 0) is 19.6 Å². The molecule has 9 heteroatoms. The Morgan fingerprint density at radius 3 is 2.42 bits per heavy atom. The number of imide groups is 1. The van der Waals surface area contributed by atoms with Crippen molar-refractivity contribution in [2.45, 2.75) is 25.7 Å². The number of hydrogen-bond donors (Lipinski definition) is 1. The lowest BCUT2D eigenvalue weighted by Crippen LogP contribution is -2.51. The van der Waals surface area contributed by atoms with Crippen molar-refractivity contribution < 1.29 is 22.7 Å². The van der Waals surface area contributed by atoms with Crippen LogP contribution in [0.5, 0.6) is 0 Å². The SMILES string of the molecule is CCOC(=O)NC(=O)CN1CCN(S(=O)(=O)c2cc(C)ccc2C)CC1. The Morgan fingerprint density at radius 1 is 1.15 bits per heavy atom. The summed E-state index contributed by atoms with van der Waals surface area (Å²) in [4.78, 5) is 25.2. The first kappa shape index (κ1) is 20.3. The Bertz CT molecular complexity index is 771. The van der Waals surface area contributed by atoms with E-state index in [0.29, 0.717) is 36.6 Å². The van der Waals surface area contributed by atoms with Gasteiger partial charge < -0.3 is 4.74 Å². The summed E-state index contributed by atoms with van der Waals surface area (Å²) in [6, 6.07) is 5.37. The average molecular weight is 383 g/mol. The summed E-state index contributed by atoms with van der Waals surface area (Å²) in [7, 11) is -3.56. The molecule has 144 valence electrons. The van der Waals surface area contributed by atoms with Crippen molar-refractivity contribution in [3.05, 3.63) is 29.3 Å². The number of rotatable bonds is 5. The molecule has 1 heterocycles. The standard InChI is InChI=1S/C17H25N3O5S/c1-4-25-17(22)18-16(21)12-19-7-9-20(10-8-19)26(23,24)15-11-13(2)5-6-14(15)3/h5-6,11H,4,7-10,12H2,1-3H3,(H,18,21,22). The summed E-state index contributed by atoms with van der Waals surface area (Å²) in [6.07, 6.45) is -0.770. The lowest BCUT2D eigenvalue weighted by atomic mass is 10.2. The monoisotopic (exact) mass is 383 g/mol. The fraction of sp³-hybridized carbons (Fsp3) is 0.529. The van der Waals surface area contributed by atoms with E-state index in [1.807, 2.05) is 17.9 Å². The molecular weight excluding hydrogens is 358 g/mol. The van der Waals surface area contributed by atoms with E-state index in [0.717, 1.165) is 5.56 Å². The molecule has 0 unspecified atom stereocenters. The molecule has 0 radical (unpaired) electrons. The van der Waals surface area contributed by atoms with E-state index >= 15 is 0 Å². The molecule has 0 aromatic heterocycles. The van der Waals surface area contributed by atoms with Gasteiger partial charge in [-0.1, -0.05) is 12.1 Å². The van der Waals surface area contributed by atoms with Gasteiger partial charge in [-0.2, -0.15) is 4.31 Å². The van der Waals surface area contributed by atoms with Crippen molar-refractivity contribution >= 4 is 22.0 Å². The topological polar surface area (TPSA) is 96.0 Å². The van der Waals surface area contributed by atoms with Gasteiger partial charge >= 0.3 is 6.09 Å². The van der Waals surface area contributed by atoms with Crippen molar-refractivity contribution in [2.24, 2.45) is 0 Å². The number of aryl methyl sites for hydroxylation is 2. The van der Waals surface area contributed by atoms with Crippen molar-refractivity contribution in [1.82, 2.24) is 14.5 Å². The molecule has 1 aromatic rings. The van der Waals surface area contributed by atoms with Crippen LogP contribution in [0, 0.1) is 13.8 Å². The highest BCUT2D eigenvalue weighted by Crippen LogP contribution is 2.22. The van der Waals surface area contributed by atoms with Crippen LogP contribution in [-0.4, -0.2) is 69.0 Å². The minimum absolute atomic E-state index is 0.0240. The van der Waals surface area contributed by atoms with E-state index in [-0.39, 0.29) is 13.2 Å². The first-order valence-corrected chi connectivity index (χ1v) is 9.94. The third-order valence-corrected chi connectivity index (χ3v) is 6.22. The third kappa shape index (κ3) is 5.03. The lowest BCUT2D eigenvalue weighted by Gasteiger charge is -2.33. The zero-order chi connectivity index (χ0) is 19.3. The van der Waals surface area contributed by atoms with Crippen LogP contribution in [0.15, 0.2) is 23.1 Å². The highest BCUT2D eigenvalue weighted by atomic mass is 32.2. The number of benzene rings is 1. The van der Waals surface area contributed by atoms with Gasteiger partial charge in [0, 0.05) is 26.2 Å². The minimum Gasteiger partial charge on any atom is -0.450 e. The van der Waals surface area contributed by atoms with Gasteiger partial charge in [-0.3, -0.25) is 15.0 Å². The summed E-state index contributed by atoms with van der Waals surface area (Å²) < 4.78 is 31.8. The van der Waals surface area contributed by atoms with E-state index in [9.17, 15) is 18.0 Å². The Kier molecular flexibility index (Phi) is 6.74. The summed E-state index contributed by atoms with van der Waals surface area (Å²) in [5.74, 6) is -0.464. The summed E-state index contributed by atoms with van der Waals surface area (Å²) in [5, 5.41) is 2.14. The van der Waals surface area contributed by atoms with Crippen LogP contribution < -0.4 is 5.32 Å². The largest absolute Gasteiger partial charge is 0.450 e. The van der Waals surface area contributed by atoms with Crippen LogP contribution in [0.3, 0.4) is 0 Å². The maximum Gasteiger partial charge on any atom is 0.413 e. The summed E-state index contributed by atoms with van der Waals surface area (Å²) in [5.41, 5.74) is 1.61. The number of nitrogens with zero attached hydrogens (tertiary/aromatic N) is 2. The average Bonchev–Trinajstić information content (AvgIpc) is 2.57. The Balaban J connectivity index is 1.94. The van der Waals surface area contributed by atoms with Crippen LogP contribution in [0.2, 0.25) is 0 Å². The van der Waals surface area contributed by atoms with Gasteiger partial charge in [0.25, 0.3) is 0 Å². The number of carbonyl (C=O) groups excluding carboxylic acids is 2. The van der Waals surface area contributed by atoms with Gasteiger partial charge in [-0.25, -0.2) is 13.2 Å². The van der Waals surface area contributed by atoms with Crippen LogP contribution >= 0.6 is 0 Å². The van der Waals surface area contributed by atoms with Crippen LogP contribution in [0.4, 0.5) is 4.79 Å². The zero-order valence-electron chi connectivity index (χ0n) is 15.3. The number of piperazine rings is 1. The molecule has 2 rings (SSSR count). The maximum atomic E-state index is 12.9. The number of ether oxygens (including phenoxy) is 1. The number of sulfonamides is 1. The van der Waals surface area contributed by atoms with Gasteiger partial charge in [0.05, 0.1) is 18.0 Å². The van der Waals surface area contributed by atoms with E-state index in [1.165, 1.54) is 4.31 Å². The number of carbonyl (C=O) groups is 2. The van der Waals surface area contributed by atoms with E-state index < -0.39 is 22.0 Å². The molecule has 0 spiro atoms. The van der Waals surface area contributed by atoms with Gasteiger partial charge in [0.15, 0.2) is 0 Å². The Labute approximate surface area is 154 Å². The van der Waals surface area contributed by atoms with Crippen LogP contribution in [0.25, 0.3) is 0 Å². The van der Waals surface area contributed by atoms with Crippen LogP contribution in [0.1, 0.15) is 18.1 Å². The molecule has 8 nitrogen and oxygen atoms in total. The second-order valence-electron chi connectivity index (χ2n) is 6.22. The Hall–Kier alpha value is -1.97. The molecule has 1 aromatic carbocycles. The minimum atomic E-state index is -3.56. The molecule has 0 bridgehead atoms. The molecule has 1 N–H and O–H groups in total. The van der Waals surface area contributed by atoms with Crippen molar-refractivity contribution in [3.8, 4) is 0 Å². The molecule has 1 saturated heterocycles. The second kappa shape index (κ2) is 8.61.